The van der Waals surface area contributed by atoms with E-state index in [0.29, 0.717) is 12.2 Å². The van der Waals surface area contributed by atoms with Gasteiger partial charge < -0.3 is 15.8 Å². The van der Waals surface area contributed by atoms with E-state index in [9.17, 15) is 4.79 Å². The highest BCUT2D eigenvalue weighted by Gasteiger charge is 2.12. The first-order chi connectivity index (χ1) is 9.63. The minimum absolute atomic E-state index is 0. The molecule has 1 aromatic carbocycles. The Morgan fingerprint density at radius 3 is 2.62 bits per heavy atom. The number of methoxy groups -OCH3 is 1. The summed E-state index contributed by atoms with van der Waals surface area (Å²) in [5, 5.41) is 7.02. The van der Waals surface area contributed by atoms with Crippen LogP contribution in [0.1, 0.15) is 17.4 Å². The van der Waals surface area contributed by atoms with Gasteiger partial charge in [-0.2, -0.15) is 5.10 Å². The van der Waals surface area contributed by atoms with Gasteiger partial charge in [0, 0.05) is 18.8 Å². The Labute approximate surface area is 129 Å². The molecule has 1 aromatic heterocycles. The third-order valence-corrected chi connectivity index (χ3v) is 2.89. The third kappa shape index (κ3) is 4.21. The van der Waals surface area contributed by atoms with Crippen molar-refractivity contribution in [3.63, 3.8) is 0 Å². The van der Waals surface area contributed by atoms with Crippen LogP contribution in [0.3, 0.4) is 0 Å². The van der Waals surface area contributed by atoms with Crippen LogP contribution in [0.2, 0.25) is 0 Å². The van der Waals surface area contributed by atoms with E-state index in [0.717, 1.165) is 11.4 Å². The summed E-state index contributed by atoms with van der Waals surface area (Å²) in [5.41, 5.74) is 6.69. The average molecular weight is 311 g/mol. The van der Waals surface area contributed by atoms with Crippen molar-refractivity contribution in [2.75, 3.05) is 13.7 Å². The Morgan fingerprint density at radius 2 is 2.05 bits per heavy atom. The van der Waals surface area contributed by atoms with Crippen molar-refractivity contribution in [1.29, 1.82) is 0 Å². The smallest absolute Gasteiger partial charge is 0.272 e. The van der Waals surface area contributed by atoms with Crippen molar-refractivity contribution < 1.29 is 9.53 Å². The number of halogens is 1. The summed E-state index contributed by atoms with van der Waals surface area (Å²) in [6.07, 6.45) is 1.74. The Hall–Kier alpha value is -2.05. The Kier molecular flexibility index (Phi) is 6.20. The minimum atomic E-state index is -0.227. The van der Waals surface area contributed by atoms with Gasteiger partial charge in [-0.15, -0.1) is 12.4 Å². The monoisotopic (exact) mass is 310 g/mol. The van der Waals surface area contributed by atoms with Crippen LogP contribution in [-0.4, -0.2) is 35.4 Å². The first-order valence-corrected chi connectivity index (χ1v) is 6.35. The number of nitrogens with zero attached hydrogens (tertiary/aromatic N) is 2. The molecule has 0 fully saturated rings. The number of carbonyl (C=O) groups is 1. The molecule has 0 saturated heterocycles. The van der Waals surface area contributed by atoms with Crippen LogP contribution in [-0.2, 0) is 0 Å². The summed E-state index contributed by atoms with van der Waals surface area (Å²) in [4.78, 5) is 11.9. The maximum absolute atomic E-state index is 11.9. The van der Waals surface area contributed by atoms with E-state index in [1.165, 1.54) is 0 Å². The maximum Gasteiger partial charge on any atom is 0.272 e. The topological polar surface area (TPSA) is 82.2 Å². The predicted molar refractivity (Wildman–Crippen MR) is 83.3 cm³/mol. The minimum Gasteiger partial charge on any atom is -0.497 e. The zero-order valence-corrected chi connectivity index (χ0v) is 12.8. The summed E-state index contributed by atoms with van der Waals surface area (Å²) in [6, 6.07) is 9.02. The molecule has 1 atom stereocenters. The number of benzene rings is 1. The van der Waals surface area contributed by atoms with Crippen molar-refractivity contribution in [3.8, 4) is 11.4 Å². The number of hydrogen-bond acceptors (Lipinski definition) is 4. The van der Waals surface area contributed by atoms with Gasteiger partial charge in [0.2, 0.25) is 0 Å². The fraction of sp³-hybridized carbons (Fsp3) is 0.286. The van der Waals surface area contributed by atoms with Crippen LogP contribution in [0.5, 0.6) is 5.75 Å². The standard InChI is InChI=1S/C14H18N4O2.ClH/c1-10(9-15)16-14(19)13-7-8-18(17-13)11-3-5-12(20-2)6-4-11;/h3-8,10H,9,15H2,1-2H3,(H,16,19);1H/t10-;/m0./s1. The van der Waals surface area contributed by atoms with E-state index < -0.39 is 0 Å². The van der Waals surface area contributed by atoms with Crippen LogP contribution in [0, 0.1) is 0 Å². The highest BCUT2D eigenvalue weighted by Crippen LogP contribution is 2.14. The summed E-state index contributed by atoms with van der Waals surface area (Å²) in [7, 11) is 1.62. The molecule has 0 aliphatic carbocycles. The van der Waals surface area contributed by atoms with Crippen LogP contribution >= 0.6 is 12.4 Å². The number of amides is 1. The lowest BCUT2D eigenvalue weighted by molar-refractivity contribution is 0.0936. The van der Waals surface area contributed by atoms with E-state index in [1.54, 1.807) is 24.1 Å². The molecule has 0 spiro atoms. The molecule has 1 heterocycles. The number of ether oxygens (including phenoxy) is 1. The van der Waals surface area contributed by atoms with Crippen molar-refractivity contribution in [2.45, 2.75) is 13.0 Å². The molecule has 1 amide bonds. The molecule has 21 heavy (non-hydrogen) atoms. The molecule has 0 unspecified atom stereocenters. The van der Waals surface area contributed by atoms with Gasteiger partial charge in [0.1, 0.15) is 5.75 Å². The SMILES string of the molecule is COc1ccc(-n2ccc(C(=O)N[C@@H](C)CN)n2)cc1.Cl. The Morgan fingerprint density at radius 1 is 1.38 bits per heavy atom. The van der Waals surface area contributed by atoms with Gasteiger partial charge in [-0.25, -0.2) is 4.68 Å². The van der Waals surface area contributed by atoms with Gasteiger partial charge in [-0.1, -0.05) is 0 Å². The van der Waals surface area contributed by atoms with Gasteiger partial charge in [-0.3, -0.25) is 4.79 Å². The number of hydrogen-bond donors (Lipinski definition) is 2. The van der Waals surface area contributed by atoms with Crippen LogP contribution in [0.4, 0.5) is 0 Å². The Bertz CT molecular complexity index is 583. The van der Waals surface area contributed by atoms with Crippen molar-refractivity contribution in [2.24, 2.45) is 5.73 Å². The number of aromatic nitrogens is 2. The summed E-state index contributed by atoms with van der Waals surface area (Å²) in [5.74, 6) is 0.547. The molecule has 6 nitrogen and oxygen atoms in total. The second-order valence-corrected chi connectivity index (χ2v) is 4.45. The van der Waals surface area contributed by atoms with Gasteiger partial charge in [0.15, 0.2) is 5.69 Å². The van der Waals surface area contributed by atoms with Gasteiger partial charge in [0.05, 0.1) is 12.8 Å². The lowest BCUT2D eigenvalue weighted by Gasteiger charge is -2.09. The fourth-order valence-electron chi connectivity index (χ4n) is 1.68. The number of rotatable bonds is 5. The summed E-state index contributed by atoms with van der Waals surface area (Å²) < 4.78 is 6.74. The second kappa shape index (κ2) is 7.66. The molecular formula is C14H19ClN4O2. The molecule has 0 aliphatic heterocycles. The van der Waals surface area contributed by atoms with Gasteiger partial charge in [-0.05, 0) is 37.3 Å². The third-order valence-electron chi connectivity index (χ3n) is 2.89. The van der Waals surface area contributed by atoms with Gasteiger partial charge >= 0.3 is 0 Å². The van der Waals surface area contributed by atoms with Crippen LogP contribution in [0.15, 0.2) is 36.5 Å². The van der Waals surface area contributed by atoms with Crippen molar-refractivity contribution in [1.82, 2.24) is 15.1 Å². The lowest BCUT2D eigenvalue weighted by atomic mass is 10.3. The second-order valence-electron chi connectivity index (χ2n) is 4.45. The zero-order valence-electron chi connectivity index (χ0n) is 11.9. The maximum atomic E-state index is 11.9. The van der Waals surface area contributed by atoms with Crippen LogP contribution in [0.25, 0.3) is 5.69 Å². The quantitative estimate of drug-likeness (QED) is 0.874. The number of nitrogens with one attached hydrogen (secondary N) is 1. The zero-order chi connectivity index (χ0) is 14.5. The number of carbonyl (C=O) groups excluding carboxylic acids is 1. The van der Waals surface area contributed by atoms with E-state index in [1.807, 2.05) is 31.2 Å². The average Bonchev–Trinajstić information content (AvgIpc) is 2.97. The first kappa shape index (κ1) is 17.0. The van der Waals surface area contributed by atoms with Crippen molar-refractivity contribution in [3.05, 3.63) is 42.2 Å². The molecule has 2 aromatic rings. The van der Waals surface area contributed by atoms with E-state index >= 15 is 0 Å². The molecule has 2 rings (SSSR count). The first-order valence-electron chi connectivity index (χ1n) is 6.35. The molecule has 7 heteroatoms. The van der Waals surface area contributed by atoms with Crippen LogP contribution < -0.4 is 15.8 Å². The summed E-state index contributed by atoms with van der Waals surface area (Å²) >= 11 is 0. The van der Waals surface area contributed by atoms with E-state index in [-0.39, 0.29) is 24.4 Å². The molecule has 0 saturated carbocycles. The highest BCUT2D eigenvalue weighted by atomic mass is 35.5. The molecule has 3 N–H and O–H groups in total. The normalized spacial score (nSPS) is 11.4. The van der Waals surface area contributed by atoms with Gasteiger partial charge in [0.25, 0.3) is 5.91 Å². The number of nitrogens with two attached hydrogens (primary N) is 1. The molecule has 0 radical (unpaired) electrons. The van der Waals surface area contributed by atoms with Crippen molar-refractivity contribution >= 4 is 18.3 Å². The lowest BCUT2D eigenvalue weighted by Crippen LogP contribution is -2.38. The molecule has 0 aliphatic rings. The molecule has 0 bridgehead atoms. The highest BCUT2D eigenvalue weighted by molar-refractivity contribution is 5.92. The largest absolute Gasteiger partial charge is 0.497 e. The summed E-state index contributed by atoms with van der Waals surface area (Å²) in [6.45, 7) is 2.24. The Balaban J connectivity index is 0.00000220. The fourth-order valence-corrected chi connectivity index (χ4v) is 1.68. The molecule has 114 valence electrons. The van der Waals surface area contributed by atoms with E-state index in [4.69, 9.17) is 10.5 Å². The van der Waals surface area contributed by atoms with E-state index in [2.05, 4.69) is 10.4 Å². The predicted octanol–water partition coefficient (Wildman–Crippen LogP) is 1.38. The molecular weight excluding hydrogens is 292 g/mol.